The first-order valence-electron chi connectivity index (χ1n) is 7.96. The lowest BCUT2D eigenvalue weighted by Crippen LogP contribution is -2.23. The molecule has 0 saturated carbocycles. The van der Waals surface area contributed by atoms with Gasteiger partial charge in [0.25, 0.3) is 11.5 Å². The van der Waals surface area contributed by atoms with Gasteiger partial charge in [-0.2, -0.15) is 0 Å². The van der Waals surface area contributed by atoms with Gasteiger partial charge in [-0.05, 0) is 29.6 Å². The molecule has 0 fully saturated rings. The molecule has 2 amide bonds. The van der Waals surface area contributed by atoms with E-state index in [4.69, 9.17) is 28.9 Å². The lowest BCUT2D eigenvalue weighted by molar-refractivity contribution is -0.113. The van der Waals surface area contributed by atoms with Crippen LogP contribution < -0.4 is 21.9 Å². The number of anilines is 3. The van der Waals surface area contributed by atoms with Crippen LogP contribution in [0.25, 0.3) is 0 Å². The summed E-state index contributed by atoms with van der Waals surface area (Å²) in [7, 11) is 0. The number of H-pyrrole nitrogens is 1. The topological polar surface area (TPSA) is 130 Å². The number of hydrogen-bond donors (Lipinski definition) is 4. The van der Waals surface area contributed by atoms with Crippen LogP contribution in [0.15, 0.2) is 45.7 Å². The van der Waals surface area contributed by atoms with Gasteiger partial charge in [-0.3, -0.25) is 19.4 Å². The van der Waals surface area contributed by atoms with Crippen LogP contribution in [0.3, 0.4) is 0 Å². The number of nitrogens with zero attached hydrogens (tertiary/aromatic N) is 1. The highest BCUT2D eigenvalue weighted by molar-refractivity contribution is 7.99. The minimum Gasteiger partial charge on any atom is -0.382 e. The summed E-state index contributed by atoms with van der Waals surface area (Å²) in [5, 5.41) is 7.67. The van der Waals surface area contributed by atoms with Gasteiger partial charge in [0.15, 0.2) is 16.7 Å². The molecule has 0 spiro atoms. The van der Waals surface area contributed by atoms with E-state index < -0.39 is 11.5 Å². The Balaban J connectivity index is 1.62. The molecule has 150 valence electrons. The number of nitrogens with one attached hydrogen (secondary N) is 3. The van der Waals surface area contributed by atoms with Crippen molar-refractivity contribution in [2.24, 2.45) is 0 Å². The Hall–Kier alpha value is -2.53. The highest BCUT2D eigenvalue weighted by atomic mass is 35.5. The molecule has 0 atom stereocenters. The second-order valence-corrected chi connectivity index (χ2v) is 8.25. The van der Waals surface area contributed by atoms with Gasteiger partial charge in [-0.25, -0.2) is 4.98 Å². The number of rotatable bonds is 6. The Morgan fingerprint density at radius 2 is 2.00 bits per heavy atom. The number of aromatic amines is 1. The Bertz CT molecular complexity index is 1120. The Morgan fingerprint density at radius 1 is 1.21 bits per heavy atom. The quantitative estimate of drug-likeness (QED) is 0.321. The molecule has 0 unspecified atom stereocenters. The van der Waals surface area contributed by atoms with E-state index in [0.29, 0.717) is 20.6 Å². The predicted octanol–water partition coefficient (Wildman–Crippen LogP) is 3.70. The molecular weight excluding hydrogens is 457 g/mol. The fourth-order valence-electron chi connectivity index (χ4n) is 2.15. The summed E-state index contributed by atoms with van der Waals surface area (Å²) < 4.78 is 0. The smallest absolute Gasteiger partial charge is 0.277 e. The SMILES string of the molecule is Nc1nc(SCC(=O)Nc2ccc(Cl)c(Cl)c2)[nH]c(=O)c1NC(=O)c1cccs1. The summed E-state index contributed by atoms with van der Waals surface area (Å²) in [6.07, 6.45) is 0. The van der Waals surface area contributed by atoms with E-state index in [1.165, 1.54) is 17.4 Å². The fraction of sp³-hybridized carbons (Fsp3) is 0.0588. The van der Waals surface area contributed by atoms with E-state index >= 15 is 0 Å². The molecule has 0 saturated heterocycles. The van der Waals surface area contributed by atoms with Crippen molar-refractivity contribution in [1.82, 2.24) is 9.97 Å². The fourth-order valence-corrected chi connectivity index (χ4v) is 3.73. The van der Waals surface area contributed by atoms with Crippen molar-refractivity contribution in [3.8, 4) is 0 Å². The molecule has 0 bridgehead atoms. The molecule has 0 aliphatic heterocycles. The van der Waals surface area contributed by atoms with Gasteiger partial charge < -0.3 is 16.4 Å². The minimum atomic E-state index is -0.616. The number of halogens is 2. The van der Waals surface area contributed by atoms with Gasteiger partial charge in [0.05, 0.1) is 20.7 Å². The molecule has 2 aromatic heterocycles. The summed E-state index contributed by atoms with van der Waals surface area (Å²) in [6, 6.07) is 8.04. The molecule has 1 aromatic carbocycles. The van der Waals surface area contributed by atoms with Crippen molar-refractivity contribution in [3.05, 3.63) is 61.0 Å². The van der Waals surface area contributed by atoms with E-state index in [1.807, 2.05) is 0 Å². The largest absolute Gasteiger partial charge is 0.382 e. The van der Waals surface area contributed by atoms with Gasteiger partial charge in [-0.1, -0.05) is 41.0 Å². The molecule has 2 heterocycles. The van der Waals surface area contributed by atoms with Crippen molar-refractivity contribution in [1.29, 1.82) is 0 Å². The number of carbonyl (C=O) groups is 2. The van der Waals surface area contributed by atoms with E-state index in [2.05, 4.69) is 20.6 Å². The van der Waals surface area contributed by atoms with Gasteiger partial charge in [-0.15, -0.1) is 11.3 Å². The van der Waals surface area contributed by atoms with E-state index in [9.17, 15) is 14.4 Å². The second kappa shape index (κ2) is 9.31. The molecule has 12 heteroatoms. The Morgan fingerprint density at radius 3 is 2.66 bits per heavy atom. The first-order valence-corrected chi connectivity index (χ1v) is 10.6. The molecule has 29 heavy (non-hydrogen) atoms. The highest BCUT2D eigenvalue weighted by Gasteiger charge is 2.15. The van der Waals surface area contributed by atoms with Crippen LogP contribution in [0, 0.1) is 0 Å². The number of amides is 2. The number of benzene rings is 1. The minimum absolute atomic E-state index is 0.0382. The summed E-state index contributed by atoms with van der Waals surface area (Å²) >= 11 is 13.9. The first-order chi connectivity index (χ1) is 13.8. The van der Waals surface area contributed by atoms with Crippen LogP contribution in [0.5, 0.6) is 0 Å². The molecule has 5 N–H and O–H groups in total. The predicted molar refractivity (Wildman–Crippen MR) is 117 cm³/mol. The van der Waals surface area contributed by atoms with Gasteiger partial charge in [0, 0.05) is 5.69 Å². The first kappa shape index (κ1) is 21.2. The zero-order valence-electron chi connectivity index (χ0n) is 14.5. The van der Waals surface area contributed by atoms with Crippen LogP contribution in [0.1, 0.15) is 9.67 Å². The van der Waals surface area contributed by atoms with Crippen molar-refractivity contribution in [2.75, 3.05) is 22.1 Å². The van der Waals surface area contributed by atoms with Crippen molar-refractivity contribution >= 4 is 75.3 Å². The number of nitrogen functional groups attached to an aromatic ring is 1. The highest BCUT2D eigenvalue weighted by Crippen LogP contribution is 2.25. The molecular formula is C17H13Cl2N5O3S2. The molecule has 3 aromatic rings. The van der Waals surface area contributed by atoms with E-state index in [0.717, 1.165) is 11.8 Å². The van der Waals surface area contributed by atoms with Crippen molar-refractivity contribution in [3.63, 3.8) is 0 Å². The lowest BCUT2D eigenvalue weighted by atomic mass is 10.3. The molecule has 0 aliphatic rings. The third-order valence-electron chi connectivity index (χ3n) is 3.45. The Kier molecular flexibility index (Phi) is 6.80. The van der Waals surface area contributed by atoms with Crippen LogP contribution >= 0.6 is 46.3 Å². The number of carbonyl (C=O) groups excluding carboxylic acids is 2. The summed E-state index contributed by atoms with van der Waals surface area (Å²) in [5.74, 6) is -0.986. The van der Waals surface area contributed by atoms with Gasteiger partial charge in [0.2, 0.25) is 5.91 Å². The van der Waals surface area contributed by atoms with Gasteiger partial charge in [0.1, 0.15) is 0 Å². The number of aromatic nitrogens is 2. The number of thiophene rings is 1. The summed E-state index contributed by atoms with van der Waals surface area (Å²) in [6.45, 7) is 0. The van der Waals surface area contributed by atoms with Crippen LogP contribution in [0.2, 0.25) is 10.0 Å². The van der Waals surface area contributed by atoms with Crippen LogP contribution in [0.4, 0.5) is 17.2 Å². The Labute approximate surface area is 182 Å². The zero-order chi connectivity index (χ0) is 21.0. The molecule has 0 aliphatic carbocycles. The van der Waals surface area contributed by atoms with Crippen LogP contribution in [-0.2, 0) is 4.79 Å². The van der Waals surface area contributed by atoms with E-state index in [1.54, 1.807) is 29.6 Å². The lowest BCUT2D eigenvalue weighted by Gasteiger charge is -2.08. The van der Waals surface area contributed by atoms with Crippen molar-refractivity contribution in [2.45, 2.75) is 5.16 Å². The molecule has 3 rings (SSSR count). The maximum absolute atomic E-state index is 12.2. The number of hydrogen-bond acceptors (Lipinski definition) is 7. The van der Waals surface area contributed by atoms with Crippen LogP contribution in [-0.4, -0.2) is 27.5 Å². The monoisotopic (exact) mass is 469 g/mol. The normalized spacial score (nSPS) is 10.6. The average molecular weight is 470 g/mol. The third kappa shape index (κ3) is 5.51. The molecule has 8 nitrogen and oxygen atoms in total. The van der Waals surface area contributed by atoms with Crippen molar-refractivity contribution < 1.29 is 9.59 Å². The van der Waals surface area contributed by atoms with E-state index in [-0.39, 0.29) is 28.3 Å². The average Bonchev–Trinajstić information content (AvgIpc) is 3.21. The number of nitrogens with two attached hydrogens (primary N) is 1. The third-order valence-corrected chi connectivity index (χ3v) is 5.93. The maximum atomic E-state index is 12.2. The zero-order valence-corrected chi connectivity index (χ0v) is 17.6. The number of thioether (sulfide) groups is 1. The second-order valence-electron chi connectivity index (χ2n) is 5.53. The summed E-state index contributed by atoms with van der Waals surface area (Å²) in [5.41, 5.74) is 5.52. The standard InChI is InChI=1S/C17H13Cl2N5O3S2/c18-9-4-3-8(6-10(9)19)21-12(25)7-29-17-23-14(20)13(16(27)24-17)22-15(26)11-2-1-5-28-11/h1-6H,7H2,(H,21,25)(H,22,26)(H3,20,23,24,27). The molecule has 0 radical (unpaired) electrons. The summed E-state index contributed by atoms with van der Waals surface area (Å²) in [4.78, 5) is 43.4. The maximum Gasteiger partial charge on any atom is 0.277 e. The van der Waals surface area contributed by atoms with Gasteiger partial charge >= 0.3 is 0 Å².